The number of hydrogen-bond donors (Lipinski definition) is 1. The quantitative estimate of drug-likeness (QED) is 0.862. The molecule has 82 valence electrons. The molecule has 1 saturated carbocycles. The second-order valence-corrected chi connectivity index (χ2v) is 5.31. The van der Waals surface area contributed by atoms with E-state index in [4.69, 9.17) is 0 Å². The van der Waals surface area contributed by atoms with Crippen LogP contribution >= 0.6 is 15.9 Å². The summed E-state index contributed by atoms with van der Waals surface area (Å²) >= 11 is 3.54. The van der Waals surface area contributed by atoms with Crippen molar-refractivity contribution in [1.29, 1.82) is 0 Å². The Morgan fingerprint density at radius 1 is 1.20 bits per heavy atom. The zero-order valence-corrected chi connectivity index (χ0v) is 10.8. The number of nitrogens with one attached hydrogen (secondary N) is 1. The van der Waals surface area contributed by atoms with Gasteiger partial charge in [-0.1, -0.05) is 28.1 Å². The van der Waals surface area contributed by atoms with E-state index >= 15 is 0 Å². The molecule has 1 nitrogen and oxygen atoms in total. The topological polar surface area (TPSA) is 12.0 Å². The fraction of sp³-hybridized carbons (Fsp3) is 0.538. The fourth-order valence-corrected chi connectivity index (χ4v) is 2.89. The lowest BCUT2D eigenvalue weighted by molar-refractivity contribution is 0.358. The first-order valence-electron chi connectivity index (χ1n) is 5.72. The zero-order valence-electron chi connectivity index (χ0n) is 9.17. The molecular formula is C13H18BrN. The molecule has 0 saturated heterocycles. The molecule has 0 heterocycles. The molecule has 1 aliphatic carbocycles. The van der Waals surface area contributed by atoms with E-state index in [1.54, 1.807) is 0 Å². The Kier molecular flexibility index (Phi) is 3.81. The average molecular weight is 268 g/mol. The van der Waals surface area contributed by atoms with E-state index in [0.717, 1.165) is 12.0 Å². The number of rotatable bonds is 2. The van der Waals surface area contributed by atoms with Crippen LogP contribution in [0.15, 0.2) is 28.7 Å². The lowest BCUT2D eigenvalue weighted by atomic mass is 9.82. The van der Waals surface area contributed by atoms with Crippen molar-refractivity contribution in [2.24, 2.45) is 0 Å². The molecule has 0 unspecified atom stereocenters. The molecule has 15 heavy (non-hydrogen) atoms. The third-order valence-electron chi connectivity index (χ3n) is 3.46. The monoisotopic (exact) mass is 267 g/mol. The molecule has 0 spiro atoms. The first-order valence-corrected chi connectivity index (χ1v) is 6.51. The summed E-state index contributed by atoms with van der Waals surface area (Å²) in [7, 11) is 2.07. The minimum absolute atomic E-state index is 0.744. The van der Waals surface area contributed by atoms with Crippen molar-refractivity contribution >= 4 is 15.9 Å². The summed E-state index contributed by atoms with van der Waals surface area (Å²) in [5.41, 5.74) is 1.50. The molecule has 0 aromatic heterocycles. The van der Waals surface area contributed by atoms with Crippen molar-refractivity contribution in [3.8, 4) is 0 Å². The van der Waals surface area contributed by atoms with Crippen molar-refractivity contribution < 1.29 is 0 Å². The van der Waals surface area contributed by atoms with E-state index < -0.39 is 0 Å². The highest BCUT2D eigenvalue weighted by atomic mass is 79.9. The average Bonchev–Trinajstić information content (AvgIpc) is 2.29. The van der Waals surface area contributed by atoms with Crippen LogP contribution in [0.1, 0.15) is 37.2 Å². The van der Waals surface area contributed by atoms with Gasteiger partial charge in [-0.3, -0.25) is 0 Å². The molecule has 1 aliphatic rings. The highest BCUT2D eigenvalue weighted by Crippen LogP contribution is 2.33. The smallest absolute Gasteiger partial charge is 0.0178 e. The van der Waals surface area contributed by atoms with Crippen molar-refractivity contribution in [2.45, 2.75) is 37.6 Å². The van der Waals surface area contributed by atoms with Crippen molar-refractivity contribution in [3.05, 3.63) is 34.3 Å². The van der Waals surface area contributed by atoms with E-state index in [1.807, 2.05) is 0 Å². The van der Waals surface area contributed by atoms with Gasteiger partial charge in [-0.15, -0.1) is 0 Å². The fourth-order valence-electron chi connectivity index (χ4n) is 2.48. The Morgan fingerprint density at radius 2 is 1.93 bits per heavy atom. The van der Waals surface area contributed by atoms with Crippen LogP contribution in [0.2, 0.25) is 0 Å². The van der Waals surface area contributed by atoms with E-state index in [-0.39, 0.29) is 0 Å². The van der Waals surface area contributed by atoms with Crippen LogP contribution in [0, 0.1) is 0 Å². The van der Waals surface area contributed by atoms with Gasteiger partial charge in [0.15, 0.2) is 0 Å². The van der Waals surface area contributed by atoms with Crippen LogP contribution in [-0.2, 0) is 0 Å². The molecule has 1 N–H and O–H groups in total. The highest BCUT2D eigenvalue weighted by Gasteiger charge is 2.20. The lowest BCUT2D eigenvalue weighted by Crippen LogP contribution is -2.29. The third-order valence-corrected chi connectivity index (χ3v) is 3.95. The minimum Gasteiger partial charge on any atom is -0.317 e. The first kappa shape index (κ1) is 11.2. The lowest BCUT2D eigenvalue weighted by Gasteiger charge is -2.28. The normalized spacial score (nSPS) is 26.5. The molecular weight excluding hydrogens is 250 g/mol. The highest BCUT2D eigenvalue weighted by molar-refractivity contribution is 9.10. The van der Waals surface area contributed by atoms with Crippen LogP contribution in [0.4, 0.5) is 0 Å². The predicted octanol–water partition coefficient (Wildman–Crippen LogP) is 3.69. The molecule has 1 aromatic rings. The van der Waals surface area contributed by atoms with Gasteiger partial charge < -0.3 is 5.32 Å². The molecule has 2 heteroatoms. The van der Waals surface area contributed by atoms with Gasteiger partial charge in [0.1, 0.15) is 0 Å². The summed E-state index contributed by atoms with van der Waals surface area (Å²) in [5.74, 6) is 0.770. The van der Waals surface area contributed by atoms with Crippen LogP contribution < -0.4 is 5.32 Å². The second kappa shape index (κ2) is 5.13. The van der Waals surface area contributed by atoms with Crippen molar-refractivity contribution in [3.63, 3.8) is 0 Å². The van der Waals surface area contributed by atoms with Gasteiger partial charge in [0, 0.05) is 10.5 Å². The summed E-state index contributed by atoms with van der Waals surface area (Å²) in [6.45, 7) is 0. The van der Waals surface area contributed by atoms with Crippen LogP contribution in [0.5, 0.6) is 0 Å². The van der Waals surface area contributed by atoms with Gasteiger partial charge in [-0.2, -0.15) is 0 Å². The SMILES string of the molecule is CNC1CCC(c2cccc(Br)c2)CC1. The van der Waals surface area contributed by atoms with Crippen LogP contribution in [-0.4, -0.2) is 13.1 Å². The second-order valence-electron chi connectivity index (χ2n) is 4.39. The summed E-state index contributed by atoms with van der Waals surface area (Å²) in [4.78, 5) is 0. The largest absolute Gasteiger partial charge is 0.317 e. The first-order chi connectivity index (χ1) is 7.29. The molecule has 0 bridgehead atoms. The number of halogens is 1. The van der Waals surface area contributed by atoms with Gasteiger partial charge in [-0.05, 0) is 56.3 Å². The molecule has 0 amide bonds. The van der Waals surface area contributed by atoms with E-state index in [9.17, 15) is 0 Å². The Hall–Kier alpha value is -0.340. The van der Waals surface area contributed by atoms with Crippen molar-refractivity contribution in [2.75, 3.05) is 7.05 Å². The zero-order chi connectivity index (χ0) is 10.7. The molecule has 0 radical (unpaired) electrons. The minimum atomic E-state index is 0.744. The molecule has 0 atom stereocenters. The van der Waals surface area contributed by atoms with Gasteiger partial charge >= 0.3 is 0 Å². The predicted molar refractivity (Wildman–Crippen MR) is 68.2 cm³/mol. The summed E-state index contributed by atoms with van der Waals surface area (Å²) < 4.78 is 1.20. The summed E-state index contributed by atoms with van der Waals surface area (Å²) in [5, 5.41) is 3.38. The Morgan fingerprint density at radius 3 is 2.53 bits per heavy atom. The maximum absolute atomic E-state index is 3.54. The van der Waals surface area contributed by atoms with E-state index in [0.29, 0.717) is 0 Å². The van der Waals surface area contributed by atoms with Crippen molar-refractivity contribution in [1.82, 2.24) is 5.32 Å². The summed E-state index contributed by atoms with van der Waals surface area (Å²) in [6.07, 6.45) is 5.27. The van der Waals surface area contributed by atoms with Gasteiger partial charge in [0.05, 0.1) is 0 Å². The number of benzene rings is 1. The molecule has 2 rings (SSSR count). The Labute approximate surface area is 100 Å². The molecule has 1 aromatic carbocycles. The van der Waals surface area contributed by atoms with Crippen LogP contribution in [0.25, 0.3) is 0 Å². The summed E-state index contributed by atoms with van der Waals surface area (Å²) in [6, 6.07) is 9.51. The van der Waals surface area contributed by atoms with E-state index in [1.165, 1.54) is 35.7 Å². The van der Waals surface area contributed by atoms with Gasteiger partial charge in [-0.25, -0.2) is 0 Å². The van der Waals surface area contributed by atoms with Gasteiger partial charge in [0.2, 0.25) is 0 Å². The van der Waals surface area contributed by atoms with Gasteiger partial charge in [0.25, 0.3) is 0 Å². The standard InChI is InChI=1S/C13H18BrN/c1-15-13-7-5-10(6-8-13)11-3-2-4-12(14)9-11/h2-4,9-10,13,15H,5-8H2,1H3. The van der Waals surface area contributed by atoms with Crippen LogP contribution in [0.3, 0.4) is 0 Å². The van der Waals surface area contributed by atoms with E-state index in [2.05, 4.69) is 52.6 Å². The molecule has 1 fully saturated rings. The number of hydrogen-bond acceptors (Lipinski definition) is 1. The Bertz CT molecular complexity index is 316. The molecule has 0 aliphatic heterocycles. The maximum atomic E-state index is 3.54. The Balaban J connectivity index is 2.01. The maximum Gasteiger partial charge on any atom is 0.0178 e. The third kappa shape index (κ3) is 2.82.